The van der Waals surface area contributed by atoms with E-state index in [0.29, 0.717) is 13.1 Å². The molecule has 2 atom stereocenters. The lowest BCUT2D eigenvalue weighted by atomic mass is 9.71. The standard InChI is InChI=1S/C26H28N4/c1-20-26(2,23-16-10-5-11-17-23)25(22-14-8-4-9-15-22)29-30(20)24(18-27)28-19-21-12-6-3-7-13-21/h3-17,20H,18-19,27H2,1-2H3. The van der Waals surface area contributed by atoms with Crippen LogP contribution in [0.4, 0.5) is 0 Å². The number of hydrogen-bond acceptors (Lipinski definition) is 3. The lowest BCUT2D eigenvalue weighted by molar-refractivity contribution is 0.310. The molecule has 0 radical (unpaired) electrons. The van der Waals surface area contributed by atoms with Crippen molar-refractivity contribution in [2.75, 3.05) is 6.54 Å². The van der Waals surface area contributed by atoms with Crippen LogP contribution in [0.15, 0.2) is 101 Å². The highest BCUT2D eigenvalue weighted by molar-refractivity contribution is 6.10. The summed E-state index contributed by atoms with van der Waals surface area (Å²) in [6.07, 6.45) is 0. The molecule has 1 heterocycles. The molecule has 3 aromatic rings. The van der Waals surface area contributed by atoms with Crippen LogP contribution in [0.5, 0.6) is 0 Å². The van der Waals surface area contributed by atoms with Gasteiger partial charge < -0.3 is 5.73 Å². The van der Waals surface area contributed by atoms with E-state index in [1.165, 1.54) is 5.56 Å². The van der Waals surface area contributed by atoms with Crippen molar-refractivity contribution < 1.29 is 0 Å². The van der Waals surface area contributed by atoms with Crippen LogP contribution < -0.4 is 5.73 Å². The van der Waals surface area contributed by atoms with Crippen LogP contribution in [0.25, 0.3) is 0 Å². The summed E-state index contributed by atoms with van der Waals surface area (Å²) in [5.41, 5.74) is 10.4. The molecule has 4 rings (SSSR count). The summed E-state index contributed by atoms with van der Waals surface area (Å²) >= 11 is 0. The van der Waals surface area contributed by atoms with Gasteiger partial charge in [0, 0.05) is 0 Å². The van der Waals surface area contributed by atoms with E-state index in [1.807, 2.05) is 29.3 Å². The third-order valence-corrected chi connectivity index (χ3v) is 6.06. The summed E-state index contributed by atoms with van der Waals surface area (Å²) in [6, 6.07) is 31.3. The van der Waals surface area contributed by atoms with Gasteiger partial charge in [0.15, 0.2) is 0 Å². The molecule has 0 bridgehead atoms. The minimum atomic E-state index is -0.286. The lowest BCUT2D eigenvalue weighted by Gasteiger charge is -2.34. The maximum atomic E-state index is 6.15. The zero-order valence-electron chi connectivity index (χ0n) is 17.6. The third kappa shape index (κ3) is 3.66. The molecule has 1 aliphatic heterocycles. The summed E-state index contributed by atoms with van der Waals surface area (Å²) < 4.78 is 0. The summed E-state index contributed by atoms with van der Waals surface area (Å²) in [4.78, 5) is 4.84. The number of hydrogen-bond donors (Lipinski definition) is 1. The van der Waals surface area contributed by atoms with Crippen molar-refractivity contribution in [1.82, 2.24) is 5.01 Å². The first-order valence-electron chi connectivity index (χ1n) is 10.4. The molecule has 0 aromatic heterocycles. The van der Waals surface area contributed by atoms with E-state index >= 15 is 0 Å². The van der Waals surface area contributed by atoms with Crippen molar-refractivity contribution in [2.45, 2.75) is 31.8 Å². The van der Waals surface area contributed by atoms with E-state index in [1.54, 1.807) is 0 Å². The van der Waals surface area contributed by atoms with Crippen LogP contribution in [-0.2, 0) is 12.0 Å². The molecule has 4 heteroatoms. The van der Waals surface area contributed by atoms with E-state index in [9.17, 15) is 0 Å². The molecule has 3 aromatic carbocycles. The first kappa shape index (κ1) is 20.0. The highest BCUT2D eigenvalue weighted by Gasteiger charge is 2.48. The van der Waals surface area contributed by atoms with Crippen molar-refractivity contribution >= 4 is 11.5 Å². The number of nitrogens with zero attached hydrogens (tertiary/aromatic N) is 3. The summed E-state index contributed by atoms with van der Waals surface area (Å²) in [5, 5.41) is 7.12. The minimum absolute atomic E-state index is 0.0770. The first-order valence-corrected chi connectivity index (χ1v) is 10.4. The Morgan fingerprint density at radius 3 is 2.10 bits per heavy atom. The molecule has 0 aliphatic carbocycles. The van der Waals surface area contributed by atoms with Gasteiger partial charge in [-0.3, -0.25) is 4.99 Å². The van der Waals surface area contributed by atoms with E-state index in [2.05, 4.69) is 80.6 Å². The molecule has 0 amide bonds. The average molecular weight is 397 g/mol. The minimum Gasteiger partial charge on any atom is -0.324 e. The second-order valence-electron chi connectivity index (χ2n) is 7.83. The molecule has 2 unspecified atom stereocenters. The molecule has 0 saturated heterocycles. The van der Waals surface area contributed by atoms with Crippen molar-refractivity contribution in [2.24, 2.45) is 15.8 Å². The molecule has 152 valence electrons. The SMILES string of the molecule is CC1N(C(CN)=NCc2ccccc2)N=C(c2ccccc2)C1(C)c1ccccc1. The molecule has 1 aliphatic rings. The number of nitrogens with two attached hydrogens (primary N) is 1. The van der Waals surface area contributed by atoms with Gasteiger partial charge >= 0.3 is 0 Å². The largest absolute Gasteiger partial charge is 0.324 e. The Balaban J connectivity index is 1.76. The molecule has 4 nitrogen and oxygen atoms in total. The number of benzene rings is 3. The maximum Gasteiger partial charge on any atom is 0.134 e. The summed E-state index contributed by atoms with van der Waals surface area (Å²) in [6.45, 7) is 5.41. The summed E-state index contributed by atoms with van der Waals surface area (Å²) in [7, 11) is 0. The van der Waals surface area contributed by atoms with Crippen LogP contribution in [0.3, 0.4) is 0 Å². The van der Waals surface area contributed by atoms with E-state index in [-0.39, 0.29) is 11.5 Å². The highest BCUT2D eigenvalue weighted by Crippen LogP contribution is 2.40. The second kappa shape index (κ2) is 8.64. The Kier molecular flexibility index (Phi) is 5.77. The Morgan fingerprint density at radius 1 is 0.933 bits per heavy atom. The smallest absolute Gasteiger partial charge is 0.134 e. The van der Waals surface area contributed by atoms with Gasteiger partial charge in [-0.05, 0) is 30.5 Å². The van der Waals surface area contributed by atoms with E-state index in [4.69, 9.17) is 15.8 Å². The predicted octanol–water partition coefficient (Wildman–Crippen LogP) is 4.61. The third-order valence-electron chi connectivity index (χ3n) is 6.06. The Morgan fingerprint density at radius 2 is 1.50 bits per heavy atom. The average Bonchev–Trinajstić information content (AvgIpc) is 3.08. The topological polar surface area (TPSA) is 54.0 Å². The number of hydrazone groups is 1. The second-order valence-corrected chi connectivity index (χ2v) is 7.83. The number of rotatable bonds is 5. The van der Waals surface area contributed by atoms with Crippen molar-refractivity contribution in [1.29, 1.82) is 0 Å². The highest BCUT2D eigenvalue weighted by atomic mass is 15.5. The molecule has 2 N–H and O–H groups in total. The van der Waals surface area contributed by atoms with Crippen LogP contribution in [0, 0.1) is 0 Å². The monoisotopic (exact) mass is 396 g/mol. The van der Waals surface area contributed by atoms with E-state index in [0.717, 1.165) is 22.7 Å². The first-order chi connectivity index (χ1) is 14.6. The molecule has 0 spiro atoms. The van der Waals surface area contributed by atoms with E-state index < -0.39 is 0 Å². The lowest BCUT2D eigenvalue weighted by Crippen LogP contribution is -2.46. The quantitative estimate of drug-likeness (QED) is 0.506. The zero-order chi connectivity index (χ0) is 21.0. The van der Waals surface area contributed by atoms with Crippen LogP contribution in [-0.4, -0.2) is 29.1 Å². The molecule has 0 fully saturated rings. The van der Waals surface area contributed by atoms with Gasteiger partial charge in [-0.15, -0.1) is 0 Å². The fourth-order valence-electron chi connectivity index (χ4n) is 4.13. The van der Waals surface area contributed by atoms with Crippen LogP contribution in [0.2, 0.25) is 0 Å². The van der Waals surface area contributed by atoms with Gasteiger partial charge in [0.1, 0.15) is 5.84 Å². The fourth-order valence-corrected chi connectivity index (χ4v) is 4.13. The van der Waals surface area contributed by atoms with Crippen molar-refractivity contribution in [3.63, 3.8) is 0 Å². The van der Waals surface area contributed by atoms with Gasteiger partial charge in [-0.2, -0.15) is 5.10 Å². The van der Waals surface area contributed by atoms with Crippen LogP contribution in [0.1, 0.15) is 30.5 Å². The zero-order valence-corrected chi connectivity index (χ0v) is 17.6. The van der Waals surface area contributed by atoms with Gasteiger partial charge in [0.2, 0.25) is 0 Å². The van der Waals surface area contributed by atoms with Gasteiger partial charge in [-0.1, -0.05) is 91.0 Å². The maximum absolute atomic E-state index is 6.15. The Bertz CT molecular complexity index is 1030. The Labute approximate surface area is 178 Å². The van der Waals surface area contributed by atoms with Gasteiger partial charge in [0.25, 0.3) is 0 Å². The molecular weight excluding hydrogens is 368 g/mol. The van der Waals surface area contributed by atoms with Crippen molar-refractivity contribution in [3.8, 4) is 0 Å². The van der Waals surface area contributed by atoms with Gasteiger partial charge in [0.05, 0.1) is 30.3 Å². The number of amidine groups is 1. The summed E-state index contributed by atoms with van der Waals surface area (Å²) in [5.74, 6) is 0.805. The molecular formula is C26H28N4. The predicted molar refractivity (Wildman–Crippen MR) is 125 cm³/mol. The number of aliphatic imine (C=N–C) groups is 1. The normalized spacial score (nSPS) is 21.6. The van der Waals surface area contributed by atoms with Crippen LogP contribution >= 0.6 is 0 Å². The van der Waals surface area contributed by atoms with Gasteiger partial charge in [-0.25, -0.2) is 5.01 Å². The molecule has 0 saturated carbocycles. The molecule has 30 heavy (non-hydrogen) atoms. The van der Waals surface area contributed by atoms with Crippen molar-refractivity contribution in [3.05, 3.63) is 108 Å². The fraction of sp³-hybridized carbons (Fsp3) is 0.231. The Hall–Kier alpha value is -3.24.